The minimum atomic E-state index is 0.569. The van der Waals surface area contributed by atoms with Gasteiger partial charge in [0.1, 0.15) is 0 Å². The van der Waals surface area contributed by atoms with E-state index in [9.17, 15) is 0 Å². The molecule has 1 N–H and O–H groups in total. The average Bonchev–Trinajstić information content (AvgIpc) is 2.77. The molecule has 3 nitrogen and oxygen atoms in total. The van der Waals surface area contributed by atoms with Gasteiger partial charge >= 0.3 is 0 Å². The maximum absolute atomic E-state index is 5.58. The maximum atomic E-state index is 5.58. The van der Waals surface area contributed by atoms with Crippen LogP contribution in [0.2, 0.25) is 0 Å². The van der Waals surface area contributed by atoms with Crippen molar-refractivity contribution < 1.29 is 4.74 Å². The van der Waals surface area contributed by atoms with Crippen molar-refractivity contribution in [2.75, 3.05) is 33.4 Å². The smallest absolute Gasteiger partial charge is 0.0623 e. The average molecular weight is 226 g/mol. The van der Waals surface area contributed by atoms with E-state index in [1.54, 1.807) is 0 Å². The van der Waals surface area contributed by atoms with E-state index in [1.807, 2.05) is 0 Å². The van der Waals surface area contributed by atoms with Crippen LogP contribution in [0.1, 0.15) is 32.6 Å². The van der Waals surface area contributed by atoms with E-state index < -0.39 is 0 Å². The number of hydrogen-bond acceptors (Lipinski definition) is 3. The van der Waals surface area contributed by atoms with Crippen LogP contribution in [0, 0.1) is 5.92 Å². The van der Waals surface area contributed by atoms with Crippen molar-refractivity contribution >= 4 is 0 Å². The van der Waals surface area contributed by atoms with Crippen molar-refractivity contribution in [2.45, 2.75) is 44.7 Å². The van der Waals surface area contributed by atoms with Gasteiger partial charge in [-0.1, -0.05) is 13.3 Å². The van der Waals surface area contributed by atoms with Crippen LogP contribution in [0.4, 0.5) is 0 Å². The first kappa shape index (κ1) is 12.3. The van der Waals surface area contributed by atoms with E-state index in [0.29, 0.717) is 12.0 Å². The molecule has 0 saturated carbocycles. The number of ether oxygens (including phenoxy) is 1. The molecular weight excluding hydrogens is 200 g/mol. The molecule has 0 bridgehead atoms. The van der Waals surface area contributed by atoms with E-state index in [2.05, 4.69) is 24.2 Å². The second kappa shape index (κ2) is 5.99. The van der Waals surface area contributed by atoms with Crippen molar-refractivity contribution in [2.24, 2.45) is 5.92 Å². The largest absolute Gasteiger partial charge is 0.379 e. The lowest BCUT2D eigenvalue weighted by atomic mass is 9.96. The summed E-state index contributed by atoms with van der Waals surface area (Å²) in [5.41, 5.74) is 0. The molecule has 0 aromatic heterocycles. The Labute approximate surface area is 99.5 Å². The Morgan fingerprint density at radius 2 is 2.19 bits per heavy atom. The number of hydrogen-bond donors (Lipinski definition) is 1. The predicted octanol–water partition coefficient (Wildman–Crippen LogP) is 1.49. The number of nitrogens with zero attached hydrogens (tertiary/aromatic N) is 1. The molecule has 0 aromatic carbocycles. The summed E-state index contributed by atoms with van der Waals surface area (Å²) < 4.78 is 5.58. The van der Waals surface area contributed by atoms with Gasteiger partial charge in [-0.25, -0.2) is 0 Å². The van der Waals surface area contributed by atoms with Gasteiger partial charge in [-0.3, -0.25) is 4.90 Å². The topological polar surface area (TPSA) is 24.5 Å². The Kier molecular flexibility index (Phi) is 4.62. The van der Waals surface area contributed by atoms with Gasteiger partial charge < -0.3 is 10.1 Å². The van der Waals surface area contributed by atoms with Gasteiger partial charge in [-0.2, -0.15) is 0 Å². The van der Waals surface area contributed by atoms with Crippen LogP contribution in [-0.2, 0) is 4.74 Å². The van der Waals surface area contributed by atoms with Gasteiger partial charge in [0.15, 0.2) is 0 Å². The van der Waals surface area contributed by atoms with Gasteiger partial charge in [0.25, 0.3) is 0 Å². The molecule has 0 aromatic rings. The minimum Gasteiger partial charge on any atom is -0.379 e. The first-order chi connectivity index (χ1) is 7.85. The normalized spacial score (nSPS) is 36.8. The van der Waals surface area contributed by atoms with E-state index >= 15 is 0 Å². The molecule has 0 spiro atoms. The highest BCUT2D eigenvalue weighted by molar-refractivity contribution is 4.85. The summed E-state index contributed by atoms with van der Waals surface area (Å²) in [5.74, 6) is 0.692. The second-order valence-corrected chi connectivity index (χ2v) is 5.25. The number of likely N-dealkylation sites (N-methyl/N-ethyl adjacent to an activating group) is 1. The van der Waals surface area contributed by atoms with E-state index in [-0.39, 0.29) is 0 Å². The molecule has 2 aliphatic rings. The highest BCUT2D eigenvalue weighted by atomic mass is 16.5. The summed E-state index contributed by atoms with van der Waals surface area (Å²) in [6.45, 7) is 6.68. The number of rotatable bonds is 4. The zero-order valence-electron chi connectivity index (χ0n) is 10.7. The van der Waals surface area contributed by atoms with E-state index in [1.165, 1.54) is 38.8 Å². The number of nitrogens with one attached hydrogen (secondary N) is 1. The summed E-state index contributed by atoms with van der Waals surface area (Å²) in [5, 5.41) is 3.38. The molecule has 2 saturated heterocycles. The summed E-state index contributed by atoms with van der Waals surface area (Å²) >= 11 is 0. The third kappa shape index (κ3) is 2.76. The van der Waals surface area contributed by atoms with Gasteiger partial charge in [0, 0.05) is 24.5 Å². The highest BCUT2D eigenvalue weighted by Gasteiger charge is 2.31. The van der Waals surface area contributed by atoms with Crippen molar-refractivity contribution in [3.63, 3.8) is 0 Å². The molecule has 94 valence electrons. The van der Waals surface area contributed by atoms with Crippen LogP contribution in [-0.4, -0.2) is 50.3 Å². The molecule has 0 amide bonds. The van der Waals surface area contributed by atoms with Crippen molar-refractivity contribution in [1.82, 2.24) is 10.2 Å². The first-order valence-corrected chi connectivity index (χ1v) is 6.84. The number of likely N-dealkylation sites (tertiary alicyclic amines) is 1. The lowest BCUT2D eigenvalue weighted by molar-refractivity contribution is 0.109. The molecule has 16 heavy (non-hydrogen) atoms. The first-order valence-electron chi connectivity index (χ1n) is 6.84. The van der Waals surface area contributed by atoms with Crippen molar-refractivity contribution in [3.8, 4) is 0 Å². The maximum Gasteiger partial charge on any atom is 0.0623 e. The Morgan fingerprint density at radius 1 is 1.31 bits per heavy atom. The Hall–Kier alpha value is -0.120. The molecule has 3 atom stereocenters. The van der Waals surface area contributed by atoms with Crippen molar-refractivity contribution in [1.29, 1.82) is 0 Å². The quantitative estimate of drug-likeness (QED) is 0.786. The lowest BCUT2D eigenvalue weighted by Crippen LogP contribution is -2.46. The molecule has 2 heterocycles. The minimum absolute atomic E-state index is 0.569. The van der Waals surface area contributed by atoms with Crippen LogP contribution >= 0.6 is 0 Å². The molecule has 0 aliphatic carbocycles. The van der Waals surface area contributed by atoms with Gasteiger partial charge in [-0.05, 0) is 32.9 Å². The second-order valence-electron chi connectivity index (χ2n) is 5.25. The molecule has 2 rings (SSSR count). The zero-order chi connectivity index (χ0) is 11.4. The molecule has 3 unspecified atom stereocenters. The molecule has 2 fully saturated rings. The van der Waals surface area contributed by atoms with E-state index in [0.717, 1.165) is 19.3 Å². The van der Waals surface area contributed by atoms with Crippen LogP contribution in [0.3, 0.4) is 0 Å². The zero-order valence-corrected chi connectivity index (χ0v) is 10.7. The standard InChI is InChI=1S/C13H26N2O/c1-3-12-6-4-5-7-15(12)8-11-9-16-10-13(11)14-2/h11-14H,3-10H2,1-2H3. The SMILES string of the molecule is CCC1CCCCN1CC1COCC1NC. The molecular formula is C13H26N2O. The summed E-state index contributed by atoms with van der Waals surface area (Å²) in [7, 11) is 2.06. The van der Waals surface area contributed by atoms with Crippen LogP contribution < -0.4 is 5.32 Å². The molecule has 2 aliphatic heterocycles. The summed E-state index contributed by atoms with van der Waals surface area (Å²) in [4.78, 5) is 2.70. The Balaban J connectivity index is 1.86. The third-order valence-electron chi connectivity index (χ3n) is 4.26. The fourth-order valence-corrected chi connectivity index (χ4v) is 3.16. The summed E-state index contributed by atoms with van der Waals surface area (Å²) in [6.07, 6.45) is 5.51. The van der Waals surface area contributed by atoms with Crippen molar-refractivity contribution in [3.05, 3.63) is 0 Å². The fourth-order valence-electron chi connectivity index (χ4n) is 3.16. The fraction of sp³-hybridized carbons (Fsp3) is 1.00. The van der Waals surface area contributed by atoms with Gasteiger partial charge in [0.2, 0.25) is 0 Å². The molecule has 0 radical (unpaired) electrons. The lowest BCUT2D eigenvalue weighted by Gasteiger charge is -2.37. The molecule has 3 heteroatoms. The third-order valence-corrected chi connectivity index (χ3v) is 4.26. The number of piperidine rings is 1. The monoisotopic (exact) mass is 226 g/mol. The van der Waals surface area contributed by atoms with Gasteiger partial charge in [0.05, 0.1) is 13.2 Å². The highest BCUT2D eigenvalue weighted by Crippen LogP contribution is 2.23. The Morgan fingerprint density at radius 3 is 2.94 bits per heavy atom. The Bertz CT molecular complexity index is 210. The van der Waals surface area contributed by atoms with Gasteiger partial charge in [-0.15, -0.1) is 0 Å². The van der Waals surface area contributed by atoms with E-state index in [4.69, 9.17) is 4.74 Å². The van der Waals surface area contributed by atoms with Crippen LogP contribution in [0.25, 0.3) is 0 Å². The predicted molar refractivity (Wildman–Crippen MR) is 66.7 cm³/mol. The summed E-state index contributed by atoms with van der Waals surface area (Å²) in [6, 6.07) is 1.39. The van der Waals surface area contributed by atoms with Crippen LogP contribution in [0.15, 0.2) is 0 Å². The van der Waals surface area contributed by atoms with Crippen LogP contribution in [0.5, 0.6) is 0 Å².